The van der Waals surface area contributed by atoms with Gasteiger partial charge in [-0.15, -0.1) is 4.91 Å². The fraction of sp³-hybridized carbons (Fsp3) is 0.0526. The topological polar surface area (TPSA) is 83.8 Å². The number of carbonyl (C=O) groups excluding carboxylic acids is 2. The molecule has 0 heterocycles. The van der Waals surface area contributed by atoms with Crippen molar-refractivity contribution < 1.29 is 14.7 Å². The first-order valence-electron chi connectivity index (χ1n) is 7.21. The van der Waals surface area contributed by atoms with Crippen LogP contribution in [0.5, 0.6) is 5.75 Å². The molecule has 24 heavy (non-hydrogen) atoms. The molecule has 2 aromatic rings. The Bertz CT molecular complexity index is 787. The fourth-order valence-corrected chi connectivity index (χ4v) is 1.90. The van der Waals surface area contributed by atoms with E-state index in [4.69, 9.17) is 0 Å². The number of rotatable bonds is 7. The van der Waals surface area contributed by atoms with Crippen LogP contribution in [0.2, 0.25) is 0 Å². The quantitative estimate of drug-likeness (QED) is 0.474. The van der Waals surface area contributed by atoms with Crippen molar-refractivity contribution in [3.63, 3.8) is 0 Å². The van der Waals surface area contributed by atoms with E-state index in [1.54, 1.807) is 48.6 Å². The van der Waals surface area contributed by atoms with E-state index in [1.807, 2.05) is 0 Å². The van der Waals surface area contributed by atoms with Crippen LogP contribution in [0.1, 0.15) is 17.5 Å². The van der Waals surface area contributed by atoms with Crippen molar-refractivity contribution in [2.45, 2.75) is 6.42 Å². The summed E-state index contributed by atoms with van der Waals surface area (Å²) < 4.78 is 0. The molecule has 0 radical (unpaired) electrons. The largest absolute Gasteiger partial charge is 0.508 e. The van der Waals surface area contributed by atoms with Crippen LogP contribution >= 0.6 is 0 Å². The second-order valence-corrected chi connectivity index (χ2v) is 5.05. The van der Waals surface area contributed by atoms with E-state index in [9.17, 15) is 19.6 Å². The molecule has 0 fully saturated rings. The van der Waals surface area contributed by atoms with Crippen molar-refractivity contribution in [1.29, 1.82) is 0 Å². The SMILES string of the molecule is O=Nc1ccc(/C=C/C(=O)CC(=O)/C=C/c2ccc(O)cc2)cc1. The van der Waals surface area contributed by atoms with Crippen LogP contribution in [0, 0.1) is 4.91 Å². The minimum atomic E-state index is -0.312. The lowest BCUT2D eigenvalue weighted by Crippen LogP contribution is -2.01. The molecule has 2 rings (SSSR count). The summed E-state index contributed by atoms with van der Waals surface area (Å²) in [5.41, 5.74) is 1.81. The summed E-state index contributed by atoms with van der Waals surface area (Å²) in [6.07, 6.45) is 5.61. The number of carbonyl (C=O) groups is 2. The van der Waals surface area contributed by atoms with Gasteiger partial charge in [0, 0.05) is 0 Å². The first kappa shape index (κ1) is 17.0. The van der Waals surface area contributed by atoms with E-state index < -0.39 is 0 Å². The first-order chi connectivity index (χ1) is 11.6. The second kappa shape index (κ2) is 8.33. The number of hydrogen-bond donors (Lipinski definition) is 1. The average Bonchev–Trinajstić information content (AvgIpc) is 2.60. The lowest BCUT2D eigenvalue weighted by atomic mass is 10.1. The number of nitrogens with zero attached hydrogens (tertiary/aromatic N) is 1. The monoisotopic (exact) mass is 321 g/mol. The Morgan fingerprint density at radius 3 is 1.75 bits per heavy atom. The molecule has 1 N–H and O–H groups in total. The molecular formula is C19H15NO4. The van der Waals surface area contributed by atoms with Gasteiger partial charge in [0.1, 0.15) is 11.4 Å². The van der Waals surface area contributed by atoms with Crippen LogP contribution in [0.15, 0.2) is 65.9 Å². The number of benzene rings is 2. The van der Waals surface area contributed by atoms with Gasteiger partial charge in [-0.1, -0.05) is 36.4 Å². The highest BCUT2D eigenvalue weighted by Crippen LogP contribution is 2.13. The van der Waals surface area contributed by atoms with E-state index >= 15 is 0 Å². The highest BCUT2D eigenvalue weighted by molar-refractivity contribution is 6.10. The molecular weight excluding hydrogens is 306 g/mol. The lowest BCUT2D eigenvalue weighted by Gasteiger charge is -1.95. The summed E-state index contributed by atoms with van der Waals surface area (Å²) >= 11 is 0. The zero-order valence-electron chi connectivity index (χ0n) is 12.8. The zero-order valence-corrected chi connectivity index (χ0v) is 12.8. The molecule has 0 aliphatic heterocycles. The highest BCUT2D eigenvalue weighted by Gasteiger charge is 2.03. The number of ketones is 2. The molecule has 0 aromatic heterocycles. The van der Waals surface area contributed by atoms with Gasteiger partial charge in [-0.05, 0) is 52.7 Å². The Kier molecular flexibility index (Phi) is 5.91. The van der Waals surface area contributed by atoms with Crippen LogP contribution in [-0.4, -0.2) is 16.7 Å². The summed E-state index contributed by atoms with van der Waals surface area (Å²) in [6, 6.07) is 12.8. The normalized spacial score (nSPS) is 11.0. The predicted molar refractivity (Wildman–Crippen MR) is 92.7 cm³/mol. The standard InChI is InChI=1S/C19H15NO4/c21-17-9-3-15(4-10-17)6-12-19(23)13-18(22)11-5-14-1-7-16(20-24)8-2-14/h1-12,21H,13H2/b11-5+,12-6+. The Morgan fingerprint density at radius 2 is 1.29 bits per heavy atom. The van der Waals surface area contributed by atoms with Gasteiger partial charge in [0.15, 0.2) is 11.6 Å². The molecule has 0 amide bonds. The van der Waals surface area contributed by atoms with E-state index in [0.717, 1.165) is 11.1 Å². The number of phenols is 1. The van der Waals surface area contributed by atoms with Crippen molar-refractivity contribution in [1.82, 2.24) is 0 Å². The average molecular weight is 321 g/mol. The molecule has 5 heteroatoms. The molecule has 0 atom stereocenters. The number of phenolic OH excluding ortho intramolecular Hbond substituents is 1. The number of allylic oxidation sites excluding steroid dienone is 2. The number of nitroso groups, excluding NO2 is 1. The fourth-order valence-electron chi connectivity index (χ4n) is 1.90. The van der Waals surface area contributed by atoms with Crippen molar-refractivity contribution in [2.24, 2.45) is 5.18 Å². The Balaban J connectivity index is 1.88. The third kappa shape index (κ3) is 5.46. The van der Waals surface area contributed by atoms with Gasteiger partial charge in [-0.2, -0.15) is 0 Å². The van der Waals surface area contributed by atoms with Crippen LogP contribution in [-0.2, 0) is 9.59 Å². The minimum absolute atomic E-state index is 0.149. The molecule has 0 bridgehead atoms. The van der Waals surface area contributed by atoms with Crippen LogP contribution in [0.3, 0.4) is 0 Å². The summed E-state index contributed by atoms with van der Waals surface area (Å²) in [7, 11) is 0. The van der Waals surface area contributed by atoms with Gasteiger partial charge in [-0.3, -0.25) is 9.59 Å². The molecule has 0 spiro atoms. The Hall–Kier alpha value is -3.34. The maximum atomic E-state index is 11.8. The van der Waals surface area contributed by atoms with Gasteiger partial charge in [0.25, 0.3) is 0 Å². The van der Waals surface area contributed by atoms with Crippen LogP contribution < -0.4 is 0 Å². The maximum Gasteiger partial charge on any atom is 0.163 e. The number of aromatic hydroxyl groups is 1. The second-order valence-electron chi connectivity index (χ2n) is 5.05. The molecule has 120 valence electrons. The lowest BCUT2D eigenvalue weighted by molar-refractivity contribution is -0.121. The van der Waals surface area contributed by atoms with Crippen molar-refractivity contribution in [2.75, 3.05) is 0 Å². The molecule has 0 aliphatic rings. The third-order valence-electron chi connectivity index (χ3n) is 3.16. The van der Waals surface area contributed by atoms with Crippen LogP contribution in [0.4, 0.5) is 5.69 Å². The first-order valence-corrected chi connectivity index (χ1v) is 7.21. The smallest absolute Gasteiger partial charge is 0.163 e. The summed E-state index contributed by atoms with van der Waals surface area (Å²) in [4.78, 5) is 33.8. The van der Waals surface area contributed by atoms with E-state index in [1.165, 1.54) is 24.3 Å². The van der Waals surface area contributed by atoms with Crippen LogP contribution in [0.25, 0.3) is 12.2 Å². The summed E-state index contributed by atoms with van der Waals surface area (Å²) in [5.74, 6) is -0.470. The number of hydrogen-bond acceptors (Lipinski definition) is 5. The summed E-state index contributed by atoms with van der Waals surface area (Å²) in [5, 5.41) is 12.0. The van der Waals surface area contributed by atoms with Gasteiger partial charge in [-0.25, -0.2) is 0 Å². The van der Waals surface area contributed by atoms with E-state index in [0.29, 0.717) is 5.69 Å². The van der Waals surface area contributed by atoms with Gasteiger partial charge < -0.3 is 5.11 Å². The molecule has 5 nitrogen and oxygen atoms in total. The van der Waals surface area contributed by atoms with Gasteiger partial charge in [0.2, 0.25) is 0 Å². The molecule has 0 saturated heterocycles. The van der Waals surface area contributed by atoms with Crippen molar-refractivity contribution >= 4 is 29.4 Å². The third-order valence-corrected chi connectivity index (χ3v) is 3.16. The highest BCUT2D eigenvalue weighted by atomic mass is 16.3. The Morgan fingerprint density at radius 1 is 0.833 bits per heavy atom. The predicted octanol–water partition coefficient (Wildman–Crippen LogP) is 4.05. The molecule has 0 saturated carbocycles. The van der Waals surface area contributed by atoms with Crippen molar-refractivity contribution in [3.8, 4) is 5.75 Å². The minimum Gasteiger partial charge on any atom is -0.508 e. The zero-order chi connectivity index (χ0) is 17.4. The van der Waals surface area contributed by atoms with Gasteiger partial charge >= 0.3 is 0 Å². The Labute approximate surface area is 138 Å². The maximum absolute atomic E-state index is 11.8. The molecule has 0 aliphatic carbocycles. The van der Waals surface area contributed by atoms with Crippen molar-refractivity contribution in [3.05, 3.63) is 76.7 Å². The van der Waals surface area contributed by atoms with E-state index in [-0.39, 0.29) is 23.7 Å². The molecule has 0 unspecified atom stereocenters. The summed E-state index contributed by atoms with van der Waals surface area (Å²) in [6.45, 7) is 0. The van der Waals surface area contributed by atoms with E-state index in [2.05, 4.69) is 5.18 Å². The van der Waals surface area contributed by atoms with Gasteiger partial charge in [0.05, 0.1) is 6.42 Å². The molecule has 2 aromatic carbocycles.